The van der Waals surface area contributed by atoms with Crippen LogP contribution in [0.5, 0.6) is 0 Å². The van der Waals surface area contributed by atoms with Crippen LogP contribution in [-0.4, -0.2) is 55.6 Å². The number of aromatic nitrogens is 4. The molecule has 27 heavy (non-hydrogen) atoms. The average molecular weight is 386 g/mol. The minimum atomic E-state index is -1.21. The number of methoxy groups -OCH3 is 1. The van der Waals surface area contributed by atoms with Crippen molar-refractivity contribution in [3.63, 3.8) is 0 Å². The van der Waals surface area contributed by atoms with Gasteiger partial charge in [-0.3, -0.25) is 14.5 Å². The van der Waals surface area contributed by atoms with E-state index in [0.717, 1.165) is 4.90 Å². The van der Waals surface area contributed by atoms with Gasteiger partial charge in [0.05, 0.1) is 18.2 Å². The summed E-state index contributed by atoms with van der Waals surface area (Å²) in [6.45, 7) is 0. The quantitative estimate of drug-likeness (QED) is 0.490. The molecule has 3 heterocycles. The van der Waals surface area contributed by atoms with Gasteiger partial charge in [-0.25, -0.2) is 4.79 Å². The second-order valence-electron chi connectivity index (χ2n) is 5.81. The maximum atomic E-state index is 12.7. The Morgan fingerprint density at radius 1 is 1.11 bits per heavy atom. The highest BCUT2D eigenvalue weighted by Crippen LogP contribution is 2.26. The van der Waals surface area contributed by atoms with Gasteiger partial charge in [0, 0.05) is 6.42 Å². The number of halogens is 1. The highest BCUT2D eigenvalue weighted by molar-refractivity contribution is 6.29. The van der Waals surface area contributed by atoms with Crippen molar-refractivity contribution in [1.82, 2.24) is 24.7 Å². The zero-order valence-corrected chi connectivity index (χ0v) is 14.8. The van der Waals surface area contributed by atoms with E-state index in [4.69, 9.17) is 16.3 Å². The number of ether oxygens (including phenoxy) is 1. The van der Waals surface area contributed by atoms with Gasteiger partial charge >= 0.3 is 5.97 Å². The smallest absolute Gasteiger partial charge is 0.329 e. The van der Waals surface area contributed by atoms with Crippen molar-refractivity contribution in [2.45, 2.75) is 12.5 Å². The highest BCUT2D eigenvalue weighted by Gasteiger charge is 2.43. The molecule has 0 aliphatic carbocycles. The van der Waals surface area contributed by atoms with E-state index in [1.807, 2.05) is 0 Å². The minimum Gasteiger partial charge on any atom is -0.467 e. The second kappa shape index (κ2) is 6.44. The van der Waals surface area contributed by atoms with Gasteiger partial charge in [-0.2, -0.15) is 9.61 Å². The van der Waals surface area contributed by atoms with E-state index in [1.54, 1.807) is 24.3 Å². The van der Waals surface area contributed by atoms with Crippen molar-refractivity contribution in [2.75, 3.05) is 7.11 Å². The standard InChI is InChI=1S/C17H12ClN5O4/c1-27-17(26)11(8-14-20-19-13-7-6-12(18)21-23(13)14)22-15(24)9-4-2-3-5-10(9)16(22)25/h2-7,11H,8H2,1H3/t11-/m1/s1. The van der Waals surface area contributed by atoms with Gasteiger partial charge in [0.1, 0.15) is 11.2 Å². The van der Waals surface area contributed by atoms with Crippen LogP contribution in [0.3, 0.4) is 0 Å². The van der Waals surface area contributed by atoms with E-state index in [2.05, 4.69) is 15.3 Å². The molecule has 0 saturated heterocycles. The maximum Gasteiger partial charge on any atom is 0.329 e. The van der Waals surface area contributed by atoms with E-state index in [1.165, 1.54) is 23.8 Å². The summed E-state index contributed by atoms with van der Waals surface area (Å²) in [6, 6.07) is 8.33. The van der Waals surface area contributed by atoms with E-state index in [9.17, 15) is 14.4 Å². The monoisotopic (exact) mass is 385 g/mol. The first-order chi connectivity index (χ1) is 13.0. The average Bonchev–Trinajstić information content (AvgIpc) is 3.18. The van der Waals surface area contributed by atoms with Crippen LogP contribution in [0.2, 0.25) is 5.15 Å². The summed E-state index contributed by atoms with van der Waals surface area (Å²) < 4.78 is 6.17. The Labute approximate surface area is 157 Å². The molecule has 1 atom stereocenters. The molecule has 0 spiro atoms. The van der Waals surface area contributed by atoms with Crippen LogP contribution in [0, 0.1) is 0 Å². The molecule has 1 aliphatic rings. The minimum absolute atomic E-state index is 0.118. The zero-order chi connectivity index (χ0) is 19.1. The third-order valence-corrected chi connectivity index (χ3v) is 4.48. The number of fused-ring (bicyclic) bond motifs is 2. The molecule has 0 radical (unpaired) electrons. The topological polar surface area (TPSA) is 107 Å². The van der Waals surface area contributed by atoms with Gasteiger partial charge < -0.3 is 4.74 Å². The van der Waals surface area contributed by atoms with Crippen LogP contribution in [-0.2, 0) is 16.0 Å². The summed E-state index contributed by atoms with van der Waals surface area (Å²) in [6.07, 6.45) is -0.118. The Morgan fingerprint density at radius 3 is 2.41 bits per heavy atom. The number of benzene rings is 1. The molecule has 2 aromatic heterocycles. The molecule has 1 aliphatic heterocycles. The Morgan fingerprint density at radius 2 is 1.78 bits per heavy atom. The van der Waals surface area contributed by atoms with Crippen LogP contribution in [0.15, 0.2) is 36.4 Å². The molecule has 0 unspecified atom stereocenters. The van der Waals surface area contributed by atoms with Crippen molar-refractivity contribution in [3.8, 4) is 0 Å². The first kappa shape index (κ1) is 17.1. The first-order valence-corrected chi connectivity index (χ1v) is 8.30. The van der Waals surface area contributed by atoms with E-state index in [0.29, 0.717) is 5.65 Å². The number of carbonyl (C=O) groups is 3. The lowest BCUT2D eigenvalue weighted by atomic mass is 10.1. The van der Waals surface area contributed by atoms with E-state index < -0.39 is 23.8 Å². The molecule has 10 heteroatoms. The molecule has 136 valence electrons. The lowest BCUT2D eigenvalue weighted by Gasteiger charge is -2.23. The van der Waals surface area contributed by atoms with E-state index >= 15 is 0 Å². The molecule has 9 nitrogen and oxygen atoms in total. The van der Waals surface area contributed by atoms with Crippen molar-refractivity contribution < 1.29 is 19.1 Å². The van der Waals surface area contributed by atoms with Crippen LogP contribution in [0.1, 0.15) is 26.5 Å². The third kappa shape index (κ3) is 2.72. The summed E-state index contributed by atoms with van der Waals surface area (Å²) >= 11 is 5.91. The number of hydrogen-bond acceptors (Lipinski definition) is 7. The molecule has 0 fully saturated rings. The second-order valence-corrected chi connectivity index (χ2v) is 6.20. The van der Waals surface area contributed by atoms with Gasteiger partial charge in [0.2, 0.25) is 0 Å². The summed E-state index contributed by atoms with van der Waals surface area (Å²) in [5.41, 5.74) is 0.896. The highest BCUT2D eigenvalue weighted by atomic mass is 35.5. The Balaban J connectivity index is 1.75. The number of rotatable bonds is 4. The lowest BCUT2D eigenvalue weighted by Crippen LogP contribution is -2.47. The summed E-state index contributed by atoms with van der Waals surface area (Å²) in [7, 11) is 1.19. The van der Waals surface area contributed by atoms with Crippen LogP contribution in [0.4, 0.5) is 0 Å². The molecule has 3 aromatic rings. The van der Waals surface area contributed by atoms with Crippen molar-refractivity contribution >= 4 is 35.0 Å². The molecule has 0 saturated carbocycles. The van der Waals surface area contributed by atoms with Crippen molar-refractivity contribution in [2.24, 2.45) is 0 Å². The third-order valence-electron chi connectivity index (χ3n) is 4.28. The number of nitrogens with zero attached hydrogens (tertiary/aromatic N) is 5. The molecular formula is C17H12ClN5O4. The van der Waals surface area contributed by atoms with Gasteiger partial charge in [-0.1, -0.05) is 23.7 Å². The largest absolute Gasteiger partial charge is 0.467 e. The zero-order valence-electron chi connectivity index (χ0n) is 14.0. The van der Waals surface area contributed by atoms with Gasteiger partial charge in [0.15, 0.2) is 11.5 Å². The summed E-state index contributed by atoms with van der Waals surface area (Å²) in [5.74, 6) is -1.61. The number of hydrogen-bond donors (Lipinski definition) is 0. The molecule has 2 amide bonds. The van der Waals surface area contributed by atoms with Crippen LogP contribution < -0.4 is 0 Å². The fourth-order valence-electron chi connectivity index (χ4n) is 3.02. The summed E-state index contributed by atoms with van der Waals surface area (Å²) in [4.78, 5) is 38.8. The fraction of sp³-hybridized carbons (Fsp3) is 0.176. The summed E-state index contributed by atoms with van der Waals surface area (Å²) in [5, 5.41) is 12.3. The number of esters is 1. The molecular weight excluding hydrogens is 374 g/mol. The number of carbonyl (C=O) groups excluding carboxylic acids is 3. The fourth-order valence-corrected chi connectivity index (χ4v) is 3.16. The predicted molar refractivity (Wildman–Crippen MR) is 92.2 cm³/mol. The lowest BCUT2D eigenvalue weighted by molar-refractivity contribution is -0.145. The Kier molecular flexibility index (Phi) is 4.08. The maximum absolute atomic E-state index is 12.7. The van der Waals surface area contributed by atoms with Gasteiger partial charge in [-0.15, -0.1) is 10.2 Å². The van der Waals surface area contributed by atoms with Crippen molar-refractivity contribution in [1.29, 1.82) is 0 Å². The number of amides is 2. The van der Waals surface area contributed by atoms with Gasteiger partial charge in [0.25, 0.3) is 11.8 Å². The normalized spacial score (nSPS) is 14.5. The molecule has 1 aromatic carbocycles. The van der Waals surface area contributed by atoms with Crippen molar-refractivity contribution in [3.05, 3.63) is 58.5 Å². The SMILES string of the molecule is COC(=O)[C@@H](Cc1nnc2ccc(Cl)nn12)N1C(=O)c2ccccc2C1=O. The molecule has 0 bridgehead atoms. The van der Waals surface area contributed by atoms with E-state index in [-0.39, 0.29) is 28.5 Å². The molecule has 4 rings (SSSR count). The number of imide groups is 1. The van der Waals surface area contributed by atoms with Gasteiger partial charge in [-0.05, 0) is 24.3 Å². The Bertz CT molecular complexity index is 1060. The first-order valence-electron chi connectivity index (χ1n) is 7.93. The predicted octanol–water partition coefficient (Wildman–Crippen LogP) is 1.16. The van der Waals surface area contributed by atoms with Crippen LogP contribution in [0.25, 0.3) is 5.65 Å². The van der Waals surface area contributed by atoms with Crippen LogP contribution >= 0.6 is 11.6 Å². The molecule has 0 N–H and O–H groups in total. The Hall–Kier alpha value is -3.33.